The third-order valence-corrected chi connectivity index (χ3v) is 3.82. The van der Waals surface area contributed by atoms with Crippen molar-refractivity contribution in [2.75, 3.05) is 19.3 Å². The van der Waals surface area contributed by atoms with Gasteiger partial charge in [-0.1, -0.05) is 0 Å². The number of nitrogens with zero attached hydrogens (tertiary/aromatic N) is 1. The third-order valence-electron chi connectivity index (χ3n) is 2.65. The number of carbonyl (C=O) groups excluding carboxylic acids is 1. The van der Waals surface area contributed by atoms with Crippen LogP contribution >= 0.6 is 11.3 Å². The van der Waals surface area contributed by atoms with Gasteiger partial charge in [-0.05, 0) is 18.2 Å². The average Bonchev–Trinajstić information content (AvgIpc) is 2.64. The standard InChI is InChI=1S/C12H10F4N2OS/c1-18(5-12(14,15)16)11(19)10-9(17)7-4-6(13)2-3-8(7)20-10/h2-4H,5,17H2,1H3. The summed E-state index contributed by atoms with van der Waals surface area (Å²) in [6.45, 7) is -1.37. The lowest BCUT2D eigenvalue weighted by atomic mass is 10.2. The maximum absolute atomic E-state index is 13.1. The van der Waals surface area contributed by atoms with Gasteiger partial charge in [0.05, 0.1) is 5.69 Å². The fourth-order valence-corrected chi connectivity index (χ4v) is 2.86. The molecule has 1 amide bonds. The smallest absolute Gasteiger partial charge is 0.397 e. The topological polar surface area (TPSA) is 46.3 Å². The predicted octanol–water partition coefficient (Wildman–Crippen LogP) is 3.26. The van der Waals surface area contributed by atoms with Gasteiger partial charge < -0.3 is 10.6 Å². The normalized spacial score (nSPS) is 11.8. The molecule has 0 radical (unpaired) electrons. The lowest BCUT2D eigenvalue weighted by Gasteiger charge is -2.18. The lowest BCUT2D eigenvalue weighted by molar-refractivity contribution is -0.138. The van der Waals surface area contributed by atoms with E-state index in [1.165, 1.54) is 12.1 Å². The van der Waals surface area contributed by atoms with E-state index in [1.54, 1.807) is 0 Å². The van der Waals surface area contributed by atoms with Crippen LogP contribution in [0.2, 0.25) is 0 Å². The van der Waals surface area contributed by atoms with Crippen LogP contribution in [0.4, 0.5) is 23.2 Å². The van der Waals surface area contributed by atoms with E-state index in [-0.39, 0.29) is 10.6 Å². The largest absolute Gasteiger partial charge is 0.406 e. The quantitative estimate of drug-likeness (QED) is 0.866. The Bertz CT molecular complexity index is 665. The molecule has 1 heterocycles. The van der Waals surface area contributed by atoms with Crippen molar-refractivity contribution in [2.45, 2.75) is 6.18 Å². The van der Waals surface area contributed by atoms with Crippen LogP contribution in [-0.4, -0.2) is 30.6 Å². The van der Waals surface area contributed by atoms with Crippen molar-refractivity contribution < 1.29 is 22.4 Å². The first-order chi connectivity index (χ1) is 9.19. The molecule has 1 aromatic carbocycles. The Balaban J connectivity index is 2.38. The maximum Gasteiger partial charge on any atom is 0.406 e. The molecular formula is C12H10F4N2OS. The van der Waals surface area contributed by atoms with Gasteiger partial charge in [0.25, 0.3) is 5.91 Å². The molecule has 0 unspecified atom stereocenters. The Morgan fingerprint density at radius 1 is 1.40 bits per heavy atom. The number of carbonyl (C=O) groups is 1. The van der Waals surface area contributed by atoms with Crippen molar-refractivity contribution >= 4 is 33.0 Å². The molecule has 0 saturated carbocycles. The van der Waals surface area contributed by atoms with Crippen molar-refractivity contribution in [3.8, 4) is 0 Å². The van der Waals surface area contributed by atoms with Gasteiger partial charge in [0.15, 0.2) is 0 Å². The van der Waals surface area contributed by atoms with Gasteiger partial charge in [-0.15, -0.1) is 11.3 Å². The molecule has 0 aliphatic carbocycles. The number of nitrogens with two attached hydrogens (primary N) is 1. The van der Waals surface area contributed by atoms with Crippen molar-refractivity contribution in [3.05, 3.63) is 28.9 Å². The van der Waals surface area contributed by atoms with Gasteiger partial charge in [0.1, 0.15) is 17.2 Å². The predicted molar refractivity (Wildman–Crippen MR) is 69.2 cm³/mol. The Morgan fingerprint density at radius 2 is 2.05 bits per heavy atom. The van der Waals surface area contributed by atoms with E-state index in [0.717, 1.165) is 24.5 Å². The maximum atomic E-state index is 13.1. The fourth-order valence-electron chi connectivity index (χ4n) is 1.76. The van der Waals surface area contributed by atoms with Crippen LogP contribution in [-0.2, 0) is 0 Å². The summed E-state index contributed by atoms with van der Waals surface area (Å²) >= 11 is 0.945. The van der Waals surface area contributed by atoms with Crippen molar-refractivity contribution in [1.29, 1.82) is 0 Å². The number of hydrogen-bond donors (Lipinski definition) is 1. The Morgan fingerprint density at radius 3 is 2.65 bits per heavy atom. The van der Waals surface area contributed by atoms with Crippen LogP contribution in [0.5, 0.6) is 0 Å². The molecule has 0 saturated heterocycles. The minimum absolute atomic E-state index is 0.00326. The zero-order valence-corrected chi connectivity index (χ0v) is 11.1. The molecule has 2 N–H and O–H groups in total. The fraction of sp³-hybridized carbons (Fsp3) is 0.250. The molecule has 8 heteroatoms. The van der Waals surface area contributed by atoms with Gasteiger partial charge in [-0.25, -0.2) is 4.39 Å². The Kier molecular flexibility index (Phi) is 3.59. The van der Waals surface area contributed by atoms with E-state index in [4.69, 9.17) is 5.73 Å². The van der Waals surface area contributed by atoms with E-state index < -0.39 is 24.4 Å². The second-order valence-electron chi connectivity index (χ2n) is 4.26. The minimum Gasteiger partial charge on any atom is -0.397 e. The zero-order chi connectivity index (χ0) is 15.1. The number of rotatable bonds is 2. The van der Waals surface area contributed by atoms with E-state index in [2.05, 4.69) is 0 Å². The van der Waals surface area contributed by atoms with E-state index in [9.17, 15) is 22.4 Å². The molecule has 0 fully saturated rings. The molecule has 0 spiro atoms. The number of fused-ring (bicyclic) bond motifs is 1. The third kappa shape index (κ3) is 2.84. The molecule has 0 atom stereocenters. The molecule has 108 valence electrons. The summed E-state index contributed by atoms with van der Waals surface area (Å²) in [4.78, 5) is 12.5. The van der Waals surface area contributed by atoms with Crippen molar-refractivity contribution in [2.24, 2.45) is 0 Å². The summed E-state index contributed by atoms with van der Waals surface area (Å²) < 4.78 is 50.5. The number of halogens is 4. The summed E-state index contributed by atoms with van der Waals surface area (Å²) in [5.74, 6) is -1.36. The van der Waals surface area contributed by atoms with Gasteiger partial charge in [-0.3, -0.25) is 4.79 Å². The van der Waals surface area contributed by atoms with Gasteiger partial charge >= 0.3 is 6.18 Å². The number of amides is 1. The molecule has 20 heavy (non-hydrogen) atoms. The van der Waals surface area contributed by atoms with Crippen molar-refractivity contribution in [1.82, 2.24) is 4.90 Å². The highest BCUT2D eigenvalue weighted by atomic mass is 32.1. The molecule has 0 aliphatic heterocycles. The first kappa shape index (κ1) is 14.6. The summed E-state index contributed by atoms with van der Waals surface area (Å²) in [7, 11) is 1.04. The molecule has 0 aliphatic rings. The summed E-state index contributed by atoms with van der Waals surface area (Å²) in [5.41, 5.74) is 5.73. The monoisotopic (exact) mass is 306 g/mol. The van der Waals surface area contributed by atoms with Gasteiger partial charge in [0, 0.05) is 17.1 Å². The van der Waals surface area contributed by atoms with E-state index in [0.29, 0.717) is 15.0 Å². The van der Waals surface area contributed by atoms with E-state index in [1.807, 2.05) is 0 Å². The minimum atomic E-state index is -4.48. The summed E-state index contributed by atoms with van der Waals surface area (Å²) in [6.07, 6.45) is -4.48. The Labute approximate surface area is 115 Å². The van der Waals surface area contributed by atoms with Crippen LogP contribution in [0.25, 0.3) is 10.1 Å². The number of hydrogen-bond acceptors (Lipinski definition) is 3. The Hall–Kier alpha value is -1.83. The highest BCUT2D eigenvalue weighted by Gasteiger charge is 2.32. The molecule has 1 aromatic heterocycles. The van der Waals surface area contributed by atoms with Crippen LogP contribution in [0.15, 0.2) is 18.2 Å². The molecule has 2 aromatic rings. The number of nitrogen functional groups attached to an aromatic ring is 1. The summed E-state index contributed by atoms with van der Waals surface area (Å²) in [5, 5.41) is 0.332. The van der Waals surface area contributed by atoms with Gasteiger partial charge in [-0.2, -0.15) is 13.2 Å². The number of benzene rings is 1. The number of anilines is 1. The zero-order valence-electron chi connectivity index (χ0n) is 10.3. The van der Waals surface area contributed by atoms with Gasteiger partial charge in [0.2, 0.25) is 0 Å². The number of thiophene rings is 1. The second kappa shape index (κ2) is 4.93. The molecule has 0 bridgehead atoms. The second-order valence-corrected chi connectivity index (χ2v) is 5.31. The molecule has 3 nitrogen and oxygen atoms in total. The van der Waals surface area contributed by atoms with Crippen LogP contribution < -0.4 is 5.73 Å². The van der Waals surface area contributed by atoms with Crippen molar-refractivity contribution in [3.63, 3.8) is 0 Å². The average molecular weight is 306 g/mol. The highest BCUT2D eigenvalue weighted by molar-refractivity contribution is 7.21. The highest BCUT2D eigenvalue weighted by Crippen LogP contribution is 2.35. The van der Waals surface area contributed by atoms with E-state index >= 15 is 0 Å². The summed E-state index contributed by atoms with van der Waals surface area (Å²) in [6, 6.07) is 3.79. The first-order valence-corrected chi connectivity index (χ1v) is 6.30. The van der Waals surface area contributed by atoms with Crippen LogP contribution in [0, 0.1) is 5.82 Å². The number of alkyl halides is 3. The molecule has 2 rings (SSSR count). The first-order valence-electron chi connectivity index (χ1n) is 5.49. The SMILES string of the molecule is CN(CC(F)(F)F)C(=O)c1sc2ccc(F)cc2c1N. The lowest BCUT2D eigenvalue weighted by Crippen LogP contribution is -2.35. The van der Waals surface area contributed by atoms with Crippen LogP contribution in [0.3, 0.4) is 0 Å². The molecular weight excluding hydrogens is 296 g/mol. The van der Waals surface area contributed by atoms with Crippen LogP contribution in [0.1, 0.15) is 9.67 Å².